The SMILES string of the molecule is CC/C=C\C/C=C\C/C=C\C/C=C\C/C=C\C/C=C\C/C=C\C/C=C\CCCCCCCCC(=O)OCC(COC(=O)CCCCCCCC)OC(=O)CCCCCCCCCCCC/C=C\C/C=C\C/C=C\C/C=C\CC. The van der Waals surface area contributed by atoms with Crippen LogP contribution in [-0.4, -0.2) is 37.2 Å². The van der Waals surface area contributed by atoms with E-state index in [1.807, 2.05) is 0 Å². The summed E-state index contributed by atoms with van der Waals surface area (Å²) in [6.45, 7) is 6.34. The molecule has 0 saturated carbocycles. The standard InChI is InChI=1S/C72H116O6/c1-4-7-10-13-16-18-20-22-24-26-28-30-32-33-34-35-36-37-38-39-41-42-44-46-48-50-52-54-56-59-62-65-71(74)77-68-69(67-76-70(73)64-61-58-15-12-9-6-3)78-72(75)66-63-60-57-55-53-51-49-47-45-43-40-31-29-27-25-23-21-19-17-14-11-8-5-2/h7-8,10-11,16-19,22-25,28-31,33-34,36-37,39,41,44,46,69H,4-6,9,12-15,20-21,26-27,32,35,38,40,42-43,45,47-68H2,1-3H3/b10-7-,11-8-,18-16-,19-17-,24-22-,25-23-,30-28-,31-29-,34-33-,37-36-,41-39-,46-44-. The van der Waals surface area contributed by atoms with Crippen LogP contribution >= 0.6 is 0 Å². The van der Waals surface area contributed by atoms with Crippen LogP contribution in [0.4, 0.5) is 0 Å². The van der Waals surface area contributed by atoms with Gasteiger partial charge in [0.2, 0.25) is 0 Å². The first-order valence-corrected chi connectivity index (χ1v) is 31.8. The van der Waals surface area contributed by atoms with E-state index in [9.17, 15) is 14.4 Å². The number of esters is 3. The lowest BCUT2D eigenvalue weighted by atomic mass is 10.0. The minimum absolute atomic E-state index is 0.0882. The number of hydrogen-bond donors (Lipinski definition) is 0. The molecule has 0 radical (unpaired) electrons. The van der Waals surface area contributed by atoms with E-state index in [2.05, 4.69) is 167 Å². The molecule has 1 unspecified atom stereocenters. The quantitative estimate of drug-likeness (QED) is 0.0261. The summed E-state index contributed by atoms with van der Waals surface area (Å²) in [6, 6.07) is 0. The molecule has 0 aliphatic heterocycles. The summed E-state index contributed by atoms with van der Waals surface area (Å²) in [5.74, 6) is -0.919. The van der Waals surface area contributed by atoms with Crippen molar-refractivity contribution >= 4 is 17.9 Å². The van der Waals surface area contributed by atoms with Crippen LogP contribution < -0.4 is 0 Å². The number of allylic oxidation sites excluding steroid dienone is 24. The van der Waals surface area contributed by atoms with Gasteiger partial charge in [0.15, 0.2) is 6.10 Å². The van der Waals surface area contributed by atoms with Crippen LogP contribution in [0.1, 0.15) is 271 Å². The molecule has 0 saturated heterocycles. The van der Waals surface area contributed by atoms with Crippen LogP contribution in [0, 0.1) is 0 Å². The van der Waals surface area contributed by atoms with E-state index in [0.717, 1.165) is 148 Å². The minimum Gasteiger partial charge on any atom is -0.462 e. The molecule has 0 aliphatic carbocycles. The molecule has 0 aromatic heterocycles. The van der Waals surface area contributed by atoms with Crippen molar-refractivity contribution in [2.75, 3.05) is 13.2 Å². The molecule has 0 bridgehead atoms. The Morgan fingerprint density at radius 1 is 0.269 bits per heavy atom. The van der Waals surface area contributed by atoms with E-state index < -0.39 is 6.10 Å². The Bertz CT molecular complexity index is 1710. The number of ether oxygens (including phenoxy) is 3. The number of unbranched alkanes of at least 4 members (excludes halogenated alkanes) is 21. The van der Waals surface area contributed by atoms with Gasteiger partial charge in [-0.25, -0.2) is 0 Å². The van der Waals surface area contributed by atoms with Gasteiger partial charge in [0.1, 0.15) is 13.2 Å². The van der Waals surface area contributed by atoms with E-state index in [0.29, 0.717) is 19.3 Å². The van der Waals surface area contributed by atoms with Gasteiger partial charge in [-0.05, 0) is 122 Å². The van der Waals surface area contributed by atoms with Crippen molar-refractivity contribution in [3.63, 3.8) is 0 Å². The lowest BCUT2D eigenvalue weighted by molar-refractivity contribution is -0.167. The van der Waals surface area contributed by atoms with Crippen LogP contribution in [0.3, 0.4) is 0 Å². The van der Waals surface area contributed by atoms with E-state index in [-0.39, 0.29) is 31.1 Å². The summed E-state index contributed by atoms with van der Waals surface area (Å²) in [6.07, 6.45) is 93.1. The third-order valence-electron chi connectivity index (χ3n) is 13.1. The molecule has 0 aliphatic rings. The second kappa shape index (κ2) is 64.8. The number of carbonyl (C=O) groups is 3. The van der Waals surface area contributed by atoms with Gasteiger partial charge in [-0.15, -0.1) is 0 Å². The first-order valence-electron chi connectivity index (χ1n) is 31.8. The summed E-state index contributed by atoms with van der Waals surface area (Å²) in [4.78, 5) is 38.0. The third-order valence-corrected chi connectivity index (χ3v) is 13.1. The molecule has 1 atom stereocenters. The summed E-state index contributed by atoms with van der Waals surface area (Å²) in [5, 5.41) is 0. The minimum atomic E-state index is -0.790. The van der Waals surface area contributed by atoms with Gasteiger partial charge in [0.05, 0.1) is 0 Å². The van der Waals surface area contributed by atoms with E-state index in [1.165, 1.54) is 83.5 Å². The number of carbonyl (C=O) groups excluding carboxylic acids is 3. The van der Waals surface area contributed by atoms with Crippen LogP contribution in [0.25, 0.3) is 0 Å². The molecule has 6 nitrogen and oxygen atoms in total. The molecule has 440 valence electrons. The zero-order valence-electron chi connectivity index (χ0n) is 50.4. The van der Waals surface area contributed by atoms with Gasteiger partial charge in [0.25, 0.3) is 0 Å². The maximum Gasteiger partial charge on any atom is 0.306 e. The van der Waals surface area contributed by atoms with Crippen LogP contribution in [0.15, 0.2) is 146 Å². The monoisotopic (exact) mass is 1080 g/mol. The Morgan fingerprint density at radius 2 is 0.500 bits per heavy atom. The predicted octanol–water partition coefficient (Wildman–Crippen LogP) is 21.9. The fourth-order valence-corrected chi connectivity index (χ4v) is 8.39. The van der Waals surface area contributed by atoms with Crippen molar-refractivity contribution in [2.45, 2.75) is 277 Å². The highest BCUT2D eigenvalue weighted by Crippen LogP contribution is 2.15. The van der Waals surface area contributed by atoms with Crippen molar-refractivity contribution in [1.29, 1.82) is 0 Å². The molecule has 0 aromatic carbocycles. The molecule has 0 fully saturated rings. The highest BCUT2D eigenvalue weighted by molar-refractivity contribution is 5.71. The maximum atomic E-state index is 12.8. The summed E-state index contributed by atoms with van der Waals surface area (Å²) >= 11 is 0. The fourth-order valence-electron chi connectivity index (χ4n) is 8.39. The molecule has 0 N–H and O–H groups in total. The summed E-state index contributed by atoms with van der Waals surface area (Å²) in [7, 11) is 0. The molecule has 0 heterocycles. The molecular weight excluding hydrogens is 961 g/mol. The third kappa shape index (κ3) is 62.1. The molecule has 78 heavy (non-hydrogen) atoms. The summed E-state index contributed by atoms with van der Waals surface area (Å²) in [5.41, 5.74) is 0. The number of hydrogen-bond acceptors (Lipinski definition) is 6. The second-order valence-corrected chi connectivity index (χ2v) is 20.6. The van der Waals surface area contributed by atoms with Gasteiger partial charge in [-0.1, -0.05) is 276 Å². The topological polar surface area (TPSA) is 78.9 Å². The average molecular weight is 1080 g/mol. The largest absolute Gasteiger partial charge is 0.462 e. The Morgan fingerprint density at radius 3 is 0.782 bits per heavy atom. The molecule has 0 aromatic rings. The van der Waals surface area contributed by atoms with Crippen LogP contribution in [0.5, 0.6) is 0 Å². The lowest BCUT2D eigenvalue weighted by Gasteiger charge is -2.18. The average Bonchev–Trinajstić information content (AvgIpc) is 3.44. The predicted molar refractivity (Wildman–Crippen MR) is 339 cm³/mol. The zero-order valence-corrected chi connectivity index (χ0v) is 50.4. The maximum absolute atomic E-state index is 12.8. The highest BCUT2D eigenvalue weighted by Gasteiger charge is 2.19. The Hall–Kier alpha value is -4.71. The van der Waals surface area contributed by atoms with Gasteiger partial charge < -0.3 is 14.2 Å². The highest BCUT2D eigenvalue weighted by atomic mass is 16.6. The lowest BCUT2D eigenvalue weighted by Crippen LogP contribution is -2.30. The Labute approximate surface area is 480 Å². The normalized spacial score (nSPS) is 13.1. The van der Waals surface area contributed by atoms with Crippen molar-refractivity contribution in [1.82, 2.24) is 0 Å². The van der Waals surface area contributed by atoms with Gasteiger partial charge in [-0.3, -0.25) is 14.4 Å². The molecule has 0 rings (SSSR count). The van der Waals surface area contributed by atoms with Gasteiger partial charge in [-0.2, -0.15) is 0 Å². The fraction of sp³-hybridized carbons (Fsp3) is 0.625. The van der Waals surface area contributed by atoms with Crippen molar-refractivity contribution < 1.29 is 28.6 Å². The molecule has 0 amide bonds. The van der Waals surface area contributed by atoms with Gasteiger partial charge >= 0.3 is 17.9 Å². The van der Waals surface area contributed by atoms with E-state index >= 15 is 0 Å². The summed E-state index contributed by atoms with van der Waals surface area (Å²) < 4.78 is 16.8. The van der Waals surface area contributed by atoms with Crippen molar-refractivity contribution in [3.05, 3.63) is 146 Å². The second-order valence-electron chi connectivity index (χ2n) is 20.6. The Balaban J connectivity index is 4.17. The zero-order chi connectivity index (χ0) is 56.4. The Kier molecular flexibility index (Phi) is 60.9. The molecular formula is C72H116O6. The molecule has 0 spiro atoms. The van der Waals surface area contributed by atoms with Gasteiger partial charge in [0, 0.05) is 19.3 Å². The smallest absolute Gasteiger partial charge is 0.306 e. The first-order chi connectivity index (χ1) is 38.5. The van der Waals surface area contributed by atoms with Crippen molar-refractivity contribution in [3.8, 4) is 0 Å². The van der Waals surface area contributed by atoms with E-state index in [4.69, 9.17) is 14.2 Å². The van der Waals surface area contributed by atoms with Crippen LogP contribution in [-0.2, 0) is 28.6 Å². The van der Waals surface area contributed by atoms with E-state index in [1.54, 1.807) is 0 Å². The molecule has 6 heteroatoms. The number of rotatable bonds is 56. The van der Waals surface area contributed by atoms with Crippen LogP contribution in [0.2, 0.25) is 0 Å². The van der Waals surface area contributed by atoms with Crippen molar-refractivity contribution in [2.24, 2.45) is 0 Å². The first kappa shape index (κ1) is 73.3.